The lowest BCUT2D eigenvalue weighted by Crippen LogP contribution is -2.36. The van der Waals surface area contributed by atoms with E-state index in [1.165, 1.54) is 20.3 Å². The van der Waals surface area contributed by atoms with E-state index in [1.54, 1.807) is 23.1 Å². The van der Waals surface area contributed by atoms with Gasteiger partial charge in [0.25, 0.3) is 11.5 Å². The average Bonchev–Trinajstić information content (AvgIpc) is 3.21. The van der Waals surface area contributed by atoms with E-state index in [4.69, 9.17) is 14.2 Å². The molecule has 0 unspecified atom stereocenters. The number of aromatic amines is 1. The number of aryl methyl sites for hydroxylation is 1. The highest BCUT2D eigenvalue weighted by atomic mass is 16.5. The van der Waals surface area contributed by atoms with Crippen molar-refractivity contribution in [2.24, 2.45) is 0 Å². The van der Waals surface area contributed by atoms with Crippen molar-refractivity contribution in [3.05, 3.63) is 46.1 Å². The van der Waals surface area contributed by atoms with Crippen LogP contribution in [0.3, 0.4) is 0 Å². The van der Waals surface area contributed by atoms with E-state index >= 15 is 0 Å². The van der Waals surface area contributed by atoms with Gasteiger partial charge in [0.15, 0.2) is 18.1 Å². The number of para-hydroxylation sites is 1. The number of methoxy groups -OCH3 is 2. The molecule has 0 saturated carbocycles. The van der Waals surface area contributed by atoms with E-state index in [-0.39, 0.29) is 24.1 Å². The molecule has 2 heterocycles. The van der Waals surface area contributed by atoms with Crippen molar-refractivity contribution in [1.29, 1.82) is 0 Å². The van der Waals surface area contributed by atoms with Gasteiger partial charge in [-0.2, -0.15) is 0 Å². The predicted octanol–water partition coefficient (Wildman–Crippen LogP) is 2.09. The molecule has 1 saturated heterocycles. The van der Waals surface area contributed by atoms with E-state index in [0.29, 0.717) is 41.7 Å². The summed E-state index contributed by atoms with van der Waals surface area (Å²) in [5, 5.41) is 0. The Morgan fingerprint density at radius 1 is 1.29 bits per heavy atom. The summed E-state index contributed by atoms with van der Waals surface area (Å²) in [7, 11) is 3.06. The standard InChI is InChI=1S/C20H25N3O5/c1-4-13-11-17(24)22-20(21-13)14-7-6-10-23(14)18(25)12-28-19-15(26-2)8-5-9-16(19)27-3/h5,8-9,11,14H,4,6-7,10,12H2,1-3H3,(H,21,22,24)/t14-/m0/s1. The molecule has 0 radical (unpaired) electrons. The van der Waals surface area contributed by atoms with Crippen molar-refractivity contribution >= 4 is 5.91 Å². The molecule has 1 amide bonds. The monoisotopic (exact) mass is 387 g/mol. The highest BCUT2D eigenvalue weighted by Gasteiger charge is 2.32. The van der Waals surface area contributed by atoms with E-state index in [1.807, 2.05) is 6.92 Å². The third-order valence-corrected chi connectivity index (χ3v) is 4.79. The van der Waals surface area contributed by atoms with Gasteiger partial charge in [-0.15, -0.1) is 0 Å². The Morgan fingerprint density at radius 3 is 2.64 bits per heavy atom. The number of hydrogen-bond acceptors (Lipinski definition) is 6. The van der Waals surface area contributed by atoms with E-state index in [0.717, 1.165) is 12.8 Å². The van der Waals surface area contributed by atoms with Crippen molar-refractivity contribution in [3.63, 3.8) is 0 Å². The lowest BCUT2D eigenvalue weighted by atomic mass is 10.2. The van der Waals surface area contributed by atoms with Crippen LogP contribution >= 0.6 is 0 Å². The van der Waals surface area contributed by atoms with Gasteiger partial charge in [0.1, 0.15) is 5.82 Å². The lowest BCUT2D eigenvalue weighted by Gasteiger charge is -2.24. The van der Waals surface area contributed by atoms with Crippen LogP contribution in [-0.2, 0) is 11.2 Å². The topological polar surface area (TPSA) is 93.8 Å². The van der Waals surface area contributed by atoms with Gasteiger partial charge in [-0.05, 0) is 31.4 Å². The van der Waals surface area contributed by atoms with E-state index in [2.05, 4.69) is 9.97 Å². The Kier molecular flexibility index (Phi) is 6.18. The normalized spacial score (nSPS) is 16.1. The maximum absolute atomic E-state index is 12.8. The molecule has 28 heavy (non-hydrogen) atoms. The molecule has 0 aliphatic carbocycles. The first-order chi connectivity index (χ1) is 13.6. The van der Waals surface area contributed by atoms with E-state index < -0.39 is 0 Å². The zero-order valence-electron chi connectivity index (χ0n) is 16.4. The van der Waals surface area contributed by atoms with Crippen LogP contribution < -0.4 is 19.8 Å². The summed E-state index contributed by atoms with van der Waals surface area (Å²) in [4.78, 5) is 33.7. The van der Waals surface area contributed by atoms with Gasteiger partial charge in [-0.25, -0.2) is 4.98 Å². The average molecular weight is 387 g/mol. The van der Waals surface area contributed by atoms with Gasteiger partial charge in [0, 0.05) is 18.3 Å². The van der Waals surface area contributed by atoms with Crippen molar-refractivity contribution in [1.82, 2.24) is 14.9 Å². The molecule has 3 rings (SSSR count). The zero-order valence-corrected chi connectivity index (χ0v) is 16.4. The maximum atomic E-state index is 12.8. The second-order valence-corrected chi connectivity index (χ2v) is 6.50. The molecule has 0 bridgehead atoms. The smallest absolute Gasteiger partial charge is 0.261 e. The third-order valence-electron chi connectivity index (χ3n) is 4.79. The number of carbonyl (C=O) groups excluding carboxylic acids is 1. The molecule has 1 aliphatic heterocycles. The second kappa shape index (κ2) is 8.77. The molecule has 1 aromatic carbocycles. The Balaban J connectivity index is 1.76. The van der Waals surface area contributed by atoms with Crippen LogP contribution in [0.25, 0.3) is 0 Å². The largest absolute Gasteiger partial charge is 0.493 e. The fourth-order valence-corrected chi connectivity index (χ4v) is 3.39. The number of ether oxygens (including phenoxy) is 3. The number of nitrogens with zero attached hydrogens (tertiary/aromatic N) is 2. The molecular weight excluding hydrogens is 362 g/mol. The van der Waals surface area contributed by atoms with Crippen LogP contribution in [0, 0.1) is 0 Å². The Bertz CT molecular complexity index is 873. The van der Waals surface area contributed by atoms with Crippen molar-refractivity contribution < 1.29 is 19.0 Å². The number of carbonyl (C=O) groups is 1. The maximum Gasteiger partial charge on any atom is 0.261 e. The van der Waals surface area contributed by atoms with Gasteiger partial charge >= 0.3 is 0 Å². The fourth-order valence-electron chi connectivity index (χ4n) is 3.39. The van der Waals surface area contributed by atoms with Crippen LogP contribution in [0.2, 0.25) is 0 Å². The third kappa shape index (κ3) is 4.11. The molecule has 8 nitrogen and oxygen atoms in total. The molecule has 8 heteroatoms. The first kappa shape index (κ1) is 19.7. The highest BCUT2D eigenvalue weighted by Crippen LogP contribution is 2.37. The second-order valence-electron chi connectivity index (χ2n) is 6.50. The Morgan fingerprint density at radius 2 is 2.00 bits per heavy atom. The van der Waals surface area contributed by atoms with Crippen LogP contribution in [0.1, 0.15) is 37.3 Å². The molecule has 1 fully saturated rings. The molecule has 1 aromatic heterocycles. The van der Waals surface area contributed by atoms with Gasteiger partial charge < -0.3 is 24.1 Å². The number of rotatable bonds is 7. The SMILES string of the molecule is CCc1cc(=O)[nH]c([C@@H]2CCCN2C(=O)COc2c(OC)cccc2OC)n1. The lowest BCUT2D eigenvalue weighted by molar-refractivity contribution is -0.134. The first-order valence-electron chi connectivity index (χ1n) is 9.30. The summed E-state index contributed by atoms with van der Waals surface area (Å²) in [6.45, 7) is 2.37. The number of benzene rings is 1. The number of nitrogens with one attached hydrogen (secondary N) is 1. The Hall–Kier alpha value is -3.03. The van der Waals surface area contributed by atoms with Gasteiger partial charge in [-0.1, -0.05) is 13.0 Å². The summed E-state index contributed by atoms with van der Waals surface area (Å²) in [6, 6.07) is 6.50. The van der Waals surface area contributed by atoms with Crippen molar-refractivity contribution in [2.45, 2.75) is 32.2 Å². The first-order valence-corrected chi connectivity index (χ1v) is 9.30. The highest BCUT2D eigenvalue weighted by molar-refractivity contribution is 5.78. The molecule has 2 aromatic rings. The minimum Gasteiger partial charge on any atom is -0.493 e. The molecule has 0 spiro atoms. The quantitative estimate of drug-likeness (QED) is 0.782. The summed E-state index contributed by atoms with van der Waals surface area (Å²) >= 11 is 0. The van der Waals surface area contributed by atoms with Gasteiger partial charge in [-0.3, -0.25) is 9.59 Å². The fraction of sp³-hybridized carbons (Fsp3) is 0.450. The number of aromatic nitrogens is 2. The summed E-state index contributed by atoms with van der Waals surface area (Å²) in [6.07, 6.45) is 2.25. The molecule has 150 valence electrons. The van der Waals surface area contributed by atoms with Crippen LogP contribution in [0.15, 0.2) is 29.1 Å². The Labute approximate surface area is 163 Å². The minimum absolute atomic E-state index is 0.162. The van der Waals surface area contributed by atoms with E-state index in [9.17, 15) is 9.59 Å². The number of likely N-dealkylation sites (tertiary alicyclic amines) is 1. The summed E-state index contributed by atoms with van der Waals surface area (Å²) < 4.78 is 16.3. The predicted molar refractivity (Wildman–Crippen MR) is 103 cm³/mol. The molecular formula is C20H25N3O5. The minimum atomic E-state index is -0.255. The number of H-pyrrole nitrogens is 1. The molecule has 1 aliphatic rings. The van der Waals surface area contributed by atoms with Gasteiger partial charge in [0.2, 0.25) is 5.75 Å². The van der Waals surface area contributed by atoms with Crippen LogP contribution in [0.4, 0.5) is 0 Å². The van der Waals surface area contributed by atoms with Crippen LogP contribution in [0.5, 0.6) is 17.2 Å². The number of hydrogen-bond donors (Lipinski definition) is 1. The van der Waals surface area contributed by atoms with Crippen molar-refractivity contribution in [3.8, 4) is 17.2 Å². The molecule has 1 N–H and O–H groups in total. The van der Waals surface area contributed by atoms with Gasteiger partial charge in [0.05, 0.1) is 20.3 Å². The summed E-state index contributed by atoms with van der Waals surface area (Å²) in [5.74, 6) is 1.72. The molecule has 1 atom stereocenters. The van der Waals surface area contributed by atoms with Crippen LogP contribution in [-0.4, -0.2) is 48.1 Å². The number of amides is 1. The zero-order chi connectivity index (χ0) is 20.1. The van der Waals surface area contributed by atoms with Crippen molar-refractivity contribution in [2.75, 3.05) is 27.4 Å². The summed E-state index contributed by atoms with van der Waals surface area (Å²) in [5.41, 5.74) is 0.518.